The Bertz CT molecular complexity index is 2500. The number of phenolic OH excluding ortho intramolecular Hbond substituents is 1. The average molecular weight is 835 g/mol. The summed E-state index contributed by atoms with van der Waals surface area (Å²) in [4.78, 5) is 76.2. The Morgan fingerprint density at radius 3 is 1.68 bits per heavy atom. The number of phenols is 2. The molecule has 0 saturated carbocycles. The van der Waals surface area contributed by atoms with Crippen molar-refractivity contribution in [2.24, 2.45) is 0 Å². The lowest BCUT2D eigenvalue weighted by Crippen LogP contribution is -2.43. The van der Waals surface area contributed by atoms with Gasteiger partial charge in [0.2, 0.25) is 11.8 Å². The number of carboxylic acids is 1. The number of carboxylic acid groups (broad SMARTS) is 1. The van der Waals surface area contributed by atoms with Gasteiger partial charge in [-0.15, -0.1) is 0 Å². The largest absolute Gasteiger partial charge is 0.504 e. The van der Waals surface area contributed by atoms with Crippen LogP contribution in [0.5, 0.6) is 23.0 Å². The van der Waals surface area contributed by atoms with Crippen LogP contribution in [0.4, 0.5) is 22.7 Å². The fourth-order valence-corrected chi connectivity index (χ4v) is 5.79. The molecule has 0 aromatic heterocycles. The van der Waals surface area contributed by atoms with Crippen molar-refractivity contribution < 1.29 is 53.6 Å². The van der Waals surface area contributed by atoms with Crippen LogP contribution in [0.15, 0.2) is 97.1 Å². The van der Waals surface area contributed by atoms with Crippen LogP contribution in [0, 0.1) is 11.3 Å². The Balaban J connectivity index is 1.18. The van der Waals surface area contributed by atoms with E-state index in [0.717, 1.165) is 18.7 Å². The van der Waals surface area contributed by atoms with Crippen LogP contribution in [0.2, 0.25) is 5.02 Å². The SMILES string of the molecule is COc1c(NC(=O)c2ccc(NC(=O)c3ccc(NC(=O)[C@H](CC#N)NC(=O)c4ccc(NC(=O)Cc5ccc(Cl)cc5)cc4)cc3)c(OC)c2O)ccc(C(=O)O)c1O. The first kappa shape index (κ1) is 43.0. The minimum atomic E-state index is -1.42. The molecule has 0 radical (unpaired) electrons. The third-order valence-corrected chi connectivity index (χ3v) is 8.94. The number of methoxy groups -OCH3 is 2. The maximum absolute atomic E-state index is 13.2. The standard InChI is InChI=1S/C42H35ClN6O11/c1-59-36-30(17-15-28(34(36)51)40(55)48-31-18-16-29(42(57)58)35(52)37(31)60-2)47-38(53)23-7-13-27(14-8-23)46-41(56)32(19-20-44)49-39(54)24-5-11-26(12-6-24)45-33(50)21-22-3-9-25(43)10-4-22/h3-18,32,51-52H,19,21H2,1-2H3,(H,45,50)(H,46,56)(H,47,53)(H,48,55)(H,49,54)(H,57,58)/t32-/m0/s1. The molecule has 306 valence electrons. The highest BCUT2D eigenvalue weighted by atomic mass is 35.5. The highest BCUT2D eigenvalue weighted by molar-refractivity contribution is 6.30. The Morgan fingerprint density at radius 2 is 1.15 bits per heavy atom. The molecule has 0 saturated heterocycles. The molecule has 5 aromatic rings. The van der Waals surface area contributed by atoms with E-state index in [4.69, 9.17) is 21.1 Å². The number of aromatic hydroxyl groups is 2. The van der Waals surface area contributed by atoms with E-state index in [-0.39, 0.29) is 64.0 Å². The highest BCUT2D eigenvalue weighted by Crippen LogP contribution is 2.40. The number of rotatable bonds is 15. The molecule has 0 unspecified atom stereocenters. The molecule has 17 nitrogen and oxygen atoms in total. The van der Waals surface area contributed by atoms with Gasteiger partial charge in [0.05, 0.1) is 50.1 Å². The van der Waals surface area contributed by atoms with E-state index in [9.17, 15) is 49.3 Å². The zero-order chi connectivity index (χ0) is 43.5. The number of carbonyl (C=O) groups is 6. The van der Waals surface area contributed by atoms with Crippen molar-refractivity contribution in [1.82, 2.24) is 5.32 Å². The molecule has 5 amide bonds. The third-order valence-electron chi connectivity index (χ3n) is 8.68. The van der Waals surface area contributed by atoms with Crippen LogP contribution >= 0.6 is 11.6 Å². The summed E-state index contributed by atoms with van der Waals surface area (Å²) in [5, 5.41) is 53.2. The van der Waals surface area contributed by atoms with Gasteiger partial charge < -0.3 is 51.4 Å². The topological polar surface area (TPSA) is 266 Å². The number of halogens is 1. The molecule has 1 atom stereocenters. The maximum Gasteiger partial charge on any atom is 0.339 e. The molecule has 5 rings (SSSR count). The van der Waals surface area contributed by atoms with Crippen LogP contribution in [-0.4, -0.2) is 71.1 Å². The van der Waals surface area contributed by atoms with Crippen molar-refractivity contribution in [1.29, 1.82) is 5.26 Å². The van der Waals surface area contributed by atoms with E-state index < -0.39 is 52.7 Å². The van der Waals surface area contributed by atoms with Crippen LogP contribution in [-0.2, 0) is 16.0 Å². The quantitative estimate of drug-likeness (QED) is 0.0622. The first-order chi connectivity index (χ1) is 28.7. The smallest absolute Gasteiger partial charge is 0.339 e. The van der Waals surface area contributed by atoms with Crippen LogP contribution in [0.3, 0.4) is 0 Å². The number of nitriles is 1. The van der Waals surface area contributed by atoms with E-state index in [2.05, 4.69) is 26.6 Å². The minimum absolute atomic E-state index is 0.0152. The van der Waals surface area contributed by atoms with E-state index in [0.29, 0.717) is 10.7 Å². The van der Waals surface area contributed by atoms with Gasteiger partial charge in [-0.05, 0) is 90.5 Å². The van der Waals surface area contributed by atoms with Gasteiger partial charge in [-0.3, -0.25) is 24.0 Å². The molecule has 18 heteroatoms. The minimum Gasteiger partial charge on any atom is -0.504 e. The van der Waals surface area contributed by atoms with Crippen molar-refractivity contribution in [3.8, 4) is 29.1 Å². The number of carbonyl (C=O) groups excluding carboxylic acids is 5. The zero-order valence-electron chi connectivity index (χ0n) is 31.7. The van der Waals surface area contributed by atoms with Gasteiger partial charge in [0.25, 0.3) is 17.7 Å². The Kier molecular flexibility index (Phi) is 13.9. The van der Waals surface area contributed by atoms with Crippen molar-refractivity contribution >= 4 is 69.9 Å². The van der Waals surface area contributed by atoms with Crippen LogP contribution in [0.25, 0.3) is 0 Å². The highest BCUT2D eigenvalue weighted by Gasteiger charge is 2.25. The summed E-state index contributed by atoms with van der Waals surface area (Å²) in [6, 6.07) is 23.8. The second-order valence-electron chi connectivity index (χ2n) is 12.7. The molecule has 0 aliphatic rings. The average Bonchev–Trinajstić information content (AvgIpc) is 3.22. The van der Waals surface area contributed by atoms with Gasteiger partial charge in [0, 0.05) is 27.5 Å². The molecular formula is C42H35ClN6O11. The van der Waals surface area contributed by atoms with Crippen LogP contribution < -0.4 is 36.1 Å². The van der Waals surface area contributed by atoms with Crippen molar-refractivity contribution in [2.75, 3.05) is 35.5 Å². The van der Waals surface area contributed by atoms with Crippen molar-refractivity contribution in [3.63, 3.8) is 0 Å². The summed E-state index contributed by atoms with van der Waals surface area (Å²) in [7, 11) is 2.35. The molecule has 0 heterocycles. The third kappa shape index (κ3) is 10.4. The number of ether oxygens (including phenoxy) is 2. The second-order valence-corrected chi connectivity index (χ2v) is 13.1. The monoisotopic (exact) mass is 834 g/mol. The molecule has 0 bridgehead atoms. The number of nitrogens with zero attached hydrogens (tertiary/aromatic N) is 1. The predicted octanol–water partition coefficient (Wildman–Crippen LogP) is 5.80. The lowest BCUT2D eigenvalue weighted by atomic mass is 10.1. The fourth-order valence-electron chi connectivity index (χ4n) is 5.67. The number of benzene rings is 5. The number of nitrogens with one attached hydrogen (secondary N) is 5. The van der Waals surface area contributed by atoms with Gasteiger partial charge >= 0.3 is 5.97 Å². The van der Waals surface area contributed by atoms with E-state index in [1.165, 1.54) is 73.8 Å². The molecule has 0 aliphatic heterocycles. The van der Waals surface area contributed by atoms with Gasteiger partial charge in [-0.1, -0.05) is 23.7 Å². The van der Waals surface area contributed by atoms with Gasteiger partial charge in [-0.2, -0.15) is 5.26 Å². The first-order valence-electron chi connectivity index (χ1n) is 17.6. The van der Waals surface area contributed by atoms with Crippen LogP contribution in [0.1, 0.15) is 53.4 Å². The van der Waals surface area contributed by atoms with E-state index >= 15 is 0 Å². The Hall–Kier alpha value is -8.10. The summed E-state index contributed by atoms with van der Waals surface area (Å²) >= 11 is 5.89. The normalized spacial score (nSPS) is 10.9. The van der Waals surface area contributed by atoms with Gasteiger partial charge in [-0.25, -0.2) is 4.79 Å². The van der Waals surface area contributed by atoms with E-state index in [1.54, 1.807) is 24.3 Å². The summed E-state index contributed by atoms with van der Waals surface area (Å²) in [5.74, 6) is -6.56. The lowest BCUT2D eigenvalue weighted by molar-refractivity contribution is -0.118. The predicted molar refractivity (Wildman–Crippen MR) is 219 cm³/mol. The molecule has 8 N–H and O–H groups in total. The van der Waals surface area contributed by atoms with Gasteiger partial charge in [0.15, 0.2) is 23.0 Å². The first-order valence-corrected chi connectivity index (χ1v) is 18.0. The van der Waals surface area contributed by atoms with Crippen molar-refractivity contribution in [2.45, 2.75) is 18.9 Å². The summed E-state index contributed by atoms with van der Waals surface area (Å²) in [6.45, 7) is 0. The zero-order valence-corrected chi connectivity index (χ0v) is 32.4. The number of hydrogen-bond acceptors (Lipinski definition) is 11. The number of amides is 5. The maximum atomic E-state index is 13.2. The number of anilines is 4. The summed E-state index contributed by atoms with van der Waals surface area (Å²) < 4.78 is 10.3. The molecule has 60 heavy (non-hydrogen) atoms. The molecule has 0 aliphatic carbocycles. The summed E-state index contributed by atoms with van der Waals surface area (Å²) in [5.41, 5.74) is 0.856. The second kappa shape index (κ2) is 19.4. The summed E-state index contributed by atoms with van der Waals surface area (Å²) in [6.07, 6.45) is -0.244. The lowest BCUT2D eigenvalue weighted by Gasteiger charge is -2.17. The molecule has 0 fully saturated rings. The number of hydrogen-bond donors (Lipinski definition) is 8. The number of aromatic carboxylic acids is 1. The van der Waals surface area contributed by atoms with E-state index in [1.807, 2.05) is 6.07 Å². The molecule has 5 aromatic carbocycles. The molecule has 0 spiro atoms. The Labute approximate surface area is 346 Å². The fraction of sp³-hybridized carbons (Fsp3) is 0.119. The molecular weight excluding hydrogens is 800 g/mol. The van der Waals surface area contributed by atoms with Gasteiger partial charge in [0.1, 0.15) is 11.6 Å². The van der Waals surface area contributed by atoms with Crippen molar-refractivity contribution in [3.05, 3.63) is 130 Å². The Morgan fingerprint density at radius 1 is 0.650 bits per heavy atom.